The van der Waals surface area contributed by atoms with Gasteiger partial charge in [-0.3, -0.25) is 4.79 Å². The number of ether oxygens (including phenoxy) is 1. The van der Waals surface area contributed by atoms with Crippen molar-refractivity contribution in [2.45, 2.75) is 25.3 Å². The maximum Gasteiger partial charge on any atom is 0.262 e. The molecule has 1 aliphatic rings. The summed E-state index contributed by atoms with van der Waals surface area (Å²) >= 11 is 1.51. The molecule has 1 aromatic carbocycles. The number of benzene rings is 1. The second-order valence-corrected chi connectivity index (χ2v) is 7.01. The molecule has 1 N–H and O–H groups in total. The Bertz CT molecular complexity index is 866. The van der Waals surface area contributed by atoms with Gasteiger partial charge in [-0.25, -0.2) is 0 Å². The molecule has 3 heterocycles. The molecule has 0 radical (unpaired) electrons. The van der Waals surface area contributed by atoms with Gasteiger partial charge in [0.15, 0.2) is 5.82 Å². The van der Waals surface area contributed by atoms with Crippen molar-refractivity contribution >= 4 is 27.3 Å². The molecular formula is C17H17N3O3S. The molecule has 0 spiro atoms. The molecule has 0 saturated carbocycles. The minimum atomic E-state index is -0.634. The van der Waals surface area contributed by atoms with E-state index in [1.54, 1.807) is 0 Å². The molecule has 124 valence electrons. The lowest BCUT2D eigenvalue weighted by atomic mass is 9.89. The van der Waals surface area contributed by atoms with E-state index in [0.717, 1.165) is 20.5 Å². The standard InChI is InChI=1S/C17H17N3O3S/c1-11-12-4-2-3-5-13(12)24-14(11)15(21)19-17(6-8-22-9-7-17)16-18-10-23-20-16/h2-5,10H,6-9H2,1H3,(H,19,21). The number of hydrogen-bond donors (Lipinski definition) is 1. The van der Waals surface area contributed by atoms with Crippen LogP contribution in [0.1, 0.15) is 33.9 Å². The summed E-state index contributed by atoms with van der Waals surface area (Å²) in [5.74, 6) is 0.415. The Morgan fingerprint density at radius 3 is 2.79 bits per heavy atom. The maximum absolute atomic E-state index is 13.0. The van der Waals surface area contributed by atoms with Crippen LogP contribution < -0.4 is 5.32 Å². The third kappa shape index (κ3) is 2.50. The molecule has 0 aliphatic carbocycles. The number of thiophene rings is 1. The molecule has 3 aromatic rings. The van der Waals surface area contributed by atoms with E-state index >= 15 is 0 Å². The van der Waals surface area contributed by atoms with E-state index in [0.29, 0.717) is 31.9 Å². The monoisotopic (exact) mass is 343 g/mol. The minimum absolute atomic E-state index is 0.0969. The van der Waals surface area contributed by atoms with Crippen LogP contribution in [-0.4, -0.2) is 29.3 Å². The summed E-state index contributed by atoms with van der Waals surface area (Å²) < 4.78 is 11.5. The third-order valence-corrected chi connectivity index (χ3v) is 5.81. The van der Waals surface area contributed by atoms with E-state index in [1.165, 1.54) is 17.7 Å². The fourth-order valence-electron chi connectivity index (χ4n) is 3.17. The molecule has 2 aromatic heterocycles. The molecule has 1 fully saturated rings. The lowest BCUT2D eigenvalue weighted by Gasteiger charge is -2.35. The van der Waals surface area contributed by atoms with Gasteiger partial charge in [0.05, 0.1) is 4.88 Å². The van der Waals surface area contributed by atoms with Gasteiger partial charge >= 0.3 is 0 Å². The smallest absolute Gasteiger partial charge is 0.262 e. The number of nitrogens with zero attached hydrogens (tertiary/aromatic N) is 2. The predicted octanol–water partition coefficient (Wildman–Crippen LogP) is 3.03. The highest BCUT2D eigenvalue weighted by Gasteiger charge is 2.40. The van der Waals surface area contributed by atoms with Gasteiger partial charge in [-0.15, -0.1) is 11.3 Å². The first-order valence-electron chi connectivity index (χ1n) is 7.85. The first-order valence-corrected chi connectivity index (χ1v) is 8.66. The van der Waals surface area contributed by atoms with Crippen LogP contribution in [0.25, 0.3) is 10.1 Å². The van der Waals surface area contributed by atoms with E-state index in [9.17, 15) is 4.79 Å². The van der Waals surface area contributed by atoms with Gasteiger partial charge in [-0.1, -0.05) is 23.4 Å². The zero-order valence-corrected chi connectivity index (χ0v) is 14.1. The Hall–Kier alpha value is -2.25. The molecule has 6 nitrogen and oxygen atoms in total. The average molecular weight is 343 g/mol. The molecule has 0 unspecified atom stereocenters. The molecular weight excluding hydrogens is 326 g/mol. The van der Waals surface area contributed by atoms with Gasteiger partial charge < -0.3 is 14.6 Å². The zero-order valence-electron chi connectivity index (χ0n) is 13.2. The minimum Gasteiger partial charge on any atom is -0.381 e. The lowest BCUT2D eigenvalue weighted by molar-refractivity contribution is 0.0307. The van der Waals surface area contributed by atoms with E-state index < -0.39 is 5.54 Å². The van der Waals surface area contributed by atoms with Gasteiger partial charge in [0.1, 0.15) is 5.54 Å². The summed E-state index contributed by atoms with van der Waals surface area (Å²) in [4.78, 5) is 17.9. The topological polar surface area (TPSA) is 77.3 Å². The third-order valence-electron chi connectivity index (χ3n) is 4.54. The molecule has 1 amide bonds. The van der Waals surface area contributed by atoms with Crippen LogP contribution in [-0.2, 0) is 10.3 Å². The Labute approximate surface area is 142 Å². The van der Waals surface area contributed by atoms with Crippen LogP contribution in [0.15, 0.2) is 35.2 Å². The number of aryl methyl sites for hydroxylation is 1. The zero-order chi connectivity index (χ0) is 16.6. The second-order valence-electron chi connectivity index (χ2n) is 5.96. The van der Waals surface area contributed by atoms with Crippen LogP contribution in [0.2, 0.25) is 0 Å². The molecule has 0 atom stereocenters. The fourth-order valence-corrected chi connectivity index (χ4v) is 4.28. The van der Waals surface area contributed by atoms with Gasteiger partial charge in [-0.2, -0.15) is 4.98 Å². The van der Waals surface area contributed by atoms with E-state index in [2.05, 4.69) is 15.5 Å². The van der Waals surface area contributed by atoms with Crippen LogP contribution in [0.3, 0.4) is 0 Å². The Morgan fingerprint density at radius 2 is 2.08 bits per heavy atom. The van der Waals surface area contributed by atoms with Crippen LogP contribution in [0, 0.1) is 6.92 Å². The number of fused-ring (bicyclic) bond motifs is 1. The molecule has 4 rings (SSSR count). The number of carbonyl (C=O) groups excluding carboxylic acids is 1. The predicted molar refractivity (Wildman–Crippen MR) is 90.1 cm³/mol. The van der Waals surface area contributed by atoms with Crippen LogP contribution in [0.4, 0.5) is 0 Å². The van der Waals surface area contributed by atoms with Crippen LogP contribution >= 0.6 is 11.3 Å². The van der Waals surface area contributed by atoms with Gasteiger partial charge in [0, 0.05) is 30.8 Å². The van der Waals surface area contributed by atoms with Crippen molar-refractivity contribution in [3.05, 3.63) is 46.9 Å². The normalized spacial score (nSPS) is 17.0. The summed E-state index contributed by atoms with van der Waals surface area (Å²) in [6.07, 6.45) is 2.55. The average Bonchev–Trinajstić information content (AvgIpc) is 3.25. The molecule has 1 aliphatic heterocycles. The highest BCUT2D eigenvalue weighted by molar-refractivity contribution is 7.21. The highest BCUT2D eigenvalue weighted by Crippen LogP contribution is 2.34. The van der Waals surface area contributed by atoms with Gasteiger partial charge in [0.2, 0.25) is 6.39 Å². The lowest BCUT2D eigenvalue weighted by Crippen LogP contribution is -2.50. The SMILES string of the molecule is Cc1c(C(=O)NC2(c3ncon3)CCOCC2)sc2ccccc12. The van der Waals surface area contributed by atoms with E-state index in [-0.39, 0.29) is 5.91 Å². The first kappa shape index (κ1) is 15.3. The van der Waals surface area contributed by atoms with Crippen molar-refractivity contribution in [3.63, 3.8) is 0 Å². The number of amides is 1. The quantitative estimate of drug-likeness (QED) is 0.791. The van der Waals surface area contributed by atoms with Gasteiger partial charge in [0.25, 0.3) is 5.91 Å². The summed E-state index contributed by atoms with van der Waals surface area (Å²) in [7, 11) is 0. The number of carbonyl (C=O) groups is 1. The maximum atomic E-state index is 13.0. The molecule has 7 heteroatoms. The highest BCUT2D eigenvalue weighted by atomic mass is 32.1. The molecule has 1 saturated heterocycles. The number of hydrogen-bond acceptors (Lipinski definition) is 6. The van der Waals surface area contributed by atoms with Crippen molar-refractivity contribution in [2.24, 2.45) is 0 Å². The van der Waals surface area contributed by atoms with Crippen LogP contribution in [0.5, 0.6) is 0 Å². The van der Waals surface area contributed by atoms with Gasteiger partial charge in [-0.05, 0) is 23.9 Å². The fraction of sp³-hybridized carbons (Fsp3) is 0.353. The summed E-state index contributed by atoms with van der Waals surface area (Å²) in [5.41, 5.74) is 0.369. The second kappa shape index (κ2) is 5.99. The number of aromatic nitrogens is 2. The largest absolute Gasteiger partial charge is 0.381 e. The van der Waals surface area contributed by atoms with E-state index in [4.69, 9.17) is 9.26 Å². The Kier molecular flexibility index (Phi) is 3.82. The van der Waals surface area contributed by atoms with Crippen molar-refractivity contribution < 1.29 is 14.1 Å². The number of rotatable bonds is 3. The Balaban J connectivity index is 1.69. The summed E-state index contributed by atoms with van der Waals surface area (Å²) in [5, 5.41) is 8.25. The first-order chi connectivity index (χ1) is 11.7. The van der Waals surface area contributed by atoms with E-state index in [1.807, 2.05) is 31.2 Å². The molecule has 0 bridgehead atoms. The van der Waals surface area contributed by atoms with Crippen molar-refractivity contribution in [1.82, 2.24) is 15.5 Å². The Morgan fingerprint density at radius 1 is 1.29 bits per heavy atom. The number of nitrogens with one attached hydrogen (secondary N) is 1. The summed E-state index contributed by atoms with van der Waals surface area (Å²) in [6, 6.07) is 8.05. The molecule has 24 heavy (non-hydrogen) atoms. The van der Waals surface area contributed by atoms with Crippen molar-refractivity contribution in [2.75, 3.05) is 13.2 Å². The summed E-state index contributed by atoms with van der Waals surface area (Å²) in [6.45, 7) is 3.10. The van der Waals surface area contributed by atoms with Crippen molar-refractivity contribution in [1.29, 1.82) is 0 Å². The van der Waals surface area contributed by atoms with Crippen molar-refractivity contribution in [3.8, 4) is 0 Å².